The van der Waals surface area contributed by atoms with E-state index in [4.69, 9.17) is 10.7 Å². The Morgan fingerprint density at radius 1 is 1.44 bits per heavy atom. The second-order valence-electron chi connectivity index (χ2n) is 3.99. The molecule has 0 saturated carbocycles. The van der Waals surface area contributed by atoms with Gasteiger partial charge in [0.1, 0.15) is 3.70 Å². The third-order valence-corrected chi connectivity index (χ3v) is 4.36. The zero-order valence-electron chi connectivity index (χ0n) is 9.08. The molecular weight excluding hydrogens is 393 g/mol. The van der Waals surface area contributed by atoms with E-state index in [0.717, 1.165) is 3.70 Å². The van der Waals surface area contributed by atoms with Gasteiger partial charge >= 0.3 is 0 Å². The van der Waals surface area contributed by atoms with E-state index in [1.54, 1.807) is 12.1 Å². The summed E-state index contributed by atoms with van der Waals surface area (Å²) in [5, 5.41) is 7.76. The number of nitrogens with zero attached hydrogens (tertiary/aromatic N) is 3. The summed E-state index contributed by atoms with van der Waals surface area (Å²) in [5.41, 5.74) is 0. The number of hydrogen-bond donors (Lipinski definition) is 0. The molecule has 2 heterocycles. The molecule has 2 rings (SSSR count). The van der Waals surface area contributed by atoms with Crippen LogP contribution in [0, 0.1) is 9.62 Å². The molecule has 98 valence electrons. The molecule has 9 heteroatoms. The fourth-order valence-corrected chi connectivity index (χ4v) is 3.46. The standard InChI is InChI=1S/C9H9ClIN3O3S/c10-18(16,17)5-6-3-9(15)14(4-6)8-2-1-7(11)12-13-8/h1-2,6H,3-5H2. The quantitative estimate of drug-likeness (QED) is 0.558. The lowest BCUT2D eigenvalue weighted by Gasteiger charge is -2.14. The van der Waals surface area contributed by atoms with Crippen molar-refractivity contribution in [2.24, 2.45) is 5.92 Å². The second kappa shape index (κ2) is 5.25. The Hall–Kier alpha value is -0.480. The number of amides is 1. The van der Waals surface area contributed by atoms with E-state index < -0.39 is 9.05 Å². The normalized spacial score (nSPS) is 20.4. The van der Waals surface area contributed by atoms with Crippen molar-refractivity contribution in [1.29, 1.82) is 0 Å². The van der Waals surface area contributed by atoms with Gasteiger partial charge in [-0.1, -0.05) is 0 Å². The van der Waals surface area contributed by atoms with Crippen molar-refractivity contribution < 1.29 is 13.2 Å². The molecule has 0 aliphatic carbocycles. The molecule has 18 heavy (non-hydrogen) atoms. The van der Waals surface area contributed by atoms with Crippen LogP contribution in [-0.2, 0) is 13.8 Å². The number of aromatic nitrogens is 2. The van der Waals surface area contributed by atoms with E-state index >= 15 is 0 Å². The summed E-state index contributed by atoms with van der Waals surface area (Å²) in [5.74, 6) is -0.207. The molecule has 1 unspecified atom stereocenters. The average Bonchev–Trinajstić information content (AvgIpc) is 2.58. The third-order valence-electron chi connectivity index (χ3n) is 2.53. The molecular formula is C9H9ClIN3O3S. The van der Waals surface area contributed by atoms with Crippen molar-refractivity contribution >= 4 is 54.0 Å². The van der Waals surface area contributed by atoms with Crippen LogP contribution in [0.1, 0.15) is 6.42 Å². The van der Waals surface area contributed by atoms with Crippen LogP contribution in [0.4, 0.5) is 5.82 Å². The van der Waals surface area contributed by atoms with Gasteiger partial charge in [-0.3, -0.25) is 9.69 Å². The van der Waals surface area contributed by atoms with E-state index in [1.807, 2.05) is 22.6 Å². The van der Waals surface area contributed by atoms with E-state index in [2.05, 4.69) is 10.2 Å². The molecule has 1 fully saturated rings. The first-order chi connectivity index (χ1) is 8.35. The van der Waals surface area contributed by atoms with E-state index in [9.17, 15) is 13.2 Å². The molecule has 1 amide bonds. The minimum atomic E-state index is -3.59. The number of halogens is 2. The highest BCUT2D eigenvalue weighted by Crippen LogP contribution is 2.25. The molecule has 6 nitrogen and oxygen atoms in total. The summed E-state index contributed by atoms with van der Waals surface area (Å²) >= 11 is 2.01. The highest BCUT2D eigenvalue weighted by atomic mass is 127. The van der Waals surface area contributed by atoms with Gasteiger partial charge in [0.25, 0.3) is 0 Å². The zero-order valence-corrected chi connectivity index (χ0v) is 12.8. The highest BCUT2D eigenvalue weighted by molar-refractivity contribution is 14.1. The van der Waals surface area contributed by atoms with Gasteiger partial charge in [0, 0.05) is 29.6 Å². The van der Waals surface area contributed by atoms with Crippen LogP contribution >= 0.6 is 33.3 Å². The first-order valence-corrected chi connectivity index (χ1v) is 8.63. The van der Waals surface area contributed by atoms with Crippen molar-refractivity contribution in [3.63, 3.8) is 0 Å². The molecule has 0 spiro atoms. The Balaban J connectivity index is 2.12. The van der Waals surface area contributed by atoms with Gasteiger partial charge in [0.15, 0.2) is 5.82 Å². The molecule has 1 saturated heterocycles. The third kappa shape index (κ3) is 3.51. The maximum absolute atomic E-state index is 11.8. The summed E-state index contributed by atoms with van der Waals surface area (Å²) in [6, 6.07) is 3.42. The molecule has 0 N–H and O–H groups in total. The molecule has 1 aliphatic heterocycles. The second-order valence-corrected chi connectivity index (χ2v) is 7.92. The molecule has 1 aliphatic rings. The van der Waals surface area contributed by atoms with Crippen molar-refractivity contribution in [3.05, 3.63) is 15.8 Å². The Bertz CT molecular complexity index is 563. The van der Waals surface area contributed by atoms with Crippen LogP contribution < -0.4 is 4.90 Å². The van der Waals surface area contributed by atoms with Crippen LogP contribution in [0.15, 0.2) is 12.1 Å². The summed E-state index contributed by atoms with van der Waals surface area (Å²) in [4.78, 5) is 13.2. The molecule has 1 aromatic heterocycles. The van der Waals surface area contributed by atoms with Gasteiger partial charge in [0.2, 0.25) is 15.0 Å². The molecule has 0 bridgehead atoms. The van der Waals surface area contributed by atoms with E-state index in [-0.39, 0.29) is 24.0 Å². The van der Waals surface area contributed by atoms with Gasteiger partial charge in [0.05, 0.1) is 5.75 Å². The summed E-state index contributed by atoms with van der Waals surface area (Å²) in [7, 11) is 1.60. The predicted molar refractivity (Wildman–Crippen MR) is 74.8 cm³/mol. The van der Waals surface area contributed by atoms with Crippen LogP contribution in [0.5, 0.6) is 0 Å². The number of rotatable bonds is 3. The number of carbonyl (C=O) groups is 1. The largest absolute Gasteiger partial charge is 0.295 e. The maximum Gasteiger partial charge on any atom is 0.232 e. The van der Waals surface area contributed by atoms with Crippen molar-refractivity contribution in [1.82, 2.24) is 10.2 Å². The van der Waals surface area contributed by atoms with Crippen LogP contribution in [0.2, 0.25) is 0 Å². The Morgan fingerprint density at radius 2 is 2.17 bits per heavy atom. The van der Waals surface area contributed by atoms with Gasteiger partial charge in [-0.25, -0.2) is 8.42 Å². The molecule has 1 aromatic rings. The lowest BCUT2D eigenvalue weighted by atomic mass is 10.1. The monoisotopic (exact) mass is 401 g/mol. The van der Waals surface area contributed by atoms with Crippen LogP contribution in [-0.4, -0.2) is 36.8 Å². The smallest absolute Gasteiger partial charge is 0.232 e. The number of carbonyl (C=O) groups excluding carboxylic acids is 1. The fourth-order valence-electron chi connectivity index (χ4n) is 1.85. The molecule has 0 radical (unpaired) electrons. The minimum Gasteiger partial charge on any atom is -0.295 e. The summed E-state index contributed by atoms with van der Waals surface area (Å²) in [6.45, 7) is 0.306. The number of hydrogen-bond acceptors (Lipinski definition) is 5. The van der Waals surface area contributed by atoms with Crippen molar-refractivity contribution in [3.8, 4) is 0 Å². The topological polar surface area (TPSA) is 80.2 Å². The Labute approximate surface area is 122 Å². The lowest BCUT2D eigenvalue weighted by Crippen LogP contribution is -2.26. The lowest BCUT2D eigenvalue weighted by molar-refractivity contribution is -0.117. The van der Waals surface area contributed by atoms with Gasteiger partial charge < -0.3 is 0 Å². The molecule has 0 aromatic carbocycles. The Morgan fingerprint density at radius 3 is 2.72 bits per heavy atom. The fraction of sp³-hybridized carbons (Fsp3) is 0.444. The SMILES string of the molecule is O=C1CC(CS(=O)(=O)Cl)CN1c1ccc(I)nn1. The first-order valence-electron chi connectivity index (χ1n) is 5.07. The van der Waals surface area contributed by atoms with Crippen molar-refractivity contribution in [2.75, 3.05) is 17.2 Å². The maximum atomic E-state index is 11.8. The molecule has 1 atom stereocenters. The number of anilines is 1. The average molecular weight is 402 g/mol. The van der Waals surface area contributed by atoms with Crippen molar-refractivity contribution in [2.45, 2.75) is 6.42 Å². The van der Waals surface area contributed by atoms with E-state index in [1.165, 1.54) is 4.90 Å². The zero-order chi connectivity index (χ0) is 13.3. The summed E-state index contributed by atoms with van der Waals surface area (Å²) in [6.07, 6.45) is 0.166. The van der Waals surface area contributed by atoms with Gasteiger partial charge in [-0.2, -0.15) is 0 Å². The minimum absolute atomic E-state index is 0.157. The summed E-state index contributed by atoms with van der Waals surface area (Å²) < 4.78 is 22.7. The van der Waals surface area contributed by atoms with Crippen LogP contribution in [0.3, 0.4) is 0 Å². The van der Waals surface area contributed by atoms with Gasteiger partial charge in [-0.05, 0) is 34.7 Å². The van der Waals surface area contributed by atoms with Gasteiger partial charge in [-0.15, -0.1) is 10.2 Å². The first kappa shape index (κ1) is 13.9. The highest BCUT2D eigenvalue weighted by Gasteiger charge is 2.33. The Kier molecular flexibility index (Phi) is 4.07. The van der Waals surface area contributed by atoms with E-state index in [0.29, 0.717) is 12.4 Å². The van der Waals surface area contributed by atoms with Crippen LogP contribution in [0.25, 0.3) is 0 Å². The predicted octanol–water partition coefficient (Wildman–Crippen LogP) is 1.00.